The number of nitrogens with zero attached hydrogens (tertiary/aromatic N) is 2. The number of thiophene rings is 1. The molecule has 20 heavy (non-hydrogen) atoms. The Morgan fingerprint density at radius 3 is 2.40 bits per heavy atom. The molecule has 2 aromatic rings. The van der Waals surface area contributed by atoms with Crippen LogP contribution in [0.3, 0.4) is 0 Å². The predicted octanol–water partition coefficient (Wildman–Crippen LogP) is 2.41. The molecule has 0 atom stereocenters. The van der Waals surface area contributed by atoms with Crippen molar-refractivity contribution in [1.29, 1.82) is 0 Å². The van der Waals surface area contributed by atoms with E-state index in [-0.39, 0.29) is 6.03 Å². The van der Waals surface area contributed by atoms with Gasteiger partial charge in [0.1, 0.15) is 0 Å². The lowest BCUT2D eigenvalue weighted by molar-refractivity contribution is 0.240. The van der Waals surface area contributed by atoms with Crippen LogP contribution in [0.1, 0.15) is 26.6 Å². The number of rotatable bonds is 4. The van der Waals surface area contributed by atoms with Gasteiger partial charge in [-0.25, -0.2) is 4.79 Å². The first-order valence-corrected chi connectivity index (χ1v) is 7.34. The zero-order valence-electron chi connectivity index (χ0n) is 12.3. The van der Waals surface area contributed by atoms with Gasteiger partial charge in [0.2, 0.25) is 0 Å². The molecule has 2 N–H and O–H groups in total. The largest absolute Gasteiger partial charge is 0.334 e. The summed E-state index contributed by atoms with van der Waals surface area (Å²) in [5.74, 6) is 0. The van der Waals surface area contributed by atoms with Gasteiger partial charge in [-0.2, -0.15) is 5.10 Å². The Labute approximate surface area is 123 Å². The Morgan fingerprint density at radius 1 is 1.25 bits per heavy atom. The molecule has 0 saturated carbocycles. The zero-order chi connectivity index (χ0) is 14.7. The summed E-state index contributed by atoms with van der Waals surface area (Å²) in [5, 5.41) is 9.88. The van der Waals surface area contributed by atoms with Crippen molar-refractivity contribution in [3.8, 4) is 0 Å². The summed E-state index contributed by atoms with van der Waals surface area (Å²) in [4.78, 5) is 14.3. The van der Waals surface area contributed by atoms with Crippen LogP contribution >= 0.6 is 11.3 Å². The third-order valence-corrected chi connectivity index (χ3v) is 4.37. The van der Waals surface area contributed by atoms with Gasteiger partial charge >= 0.3 is 6.03 Å². The molecule has 2 rings (SSSR count). The number of aryl methyl sites for hydroxylation is 3. The quantitative estimate of drug-likeness (QED) is 0.909. The molecule has 0 fully saturated rings. The van der Waals surface area contributed by atoms with Crippen molar-refractivity contribution >= 4 is 17.4 Å². The first-order valence-electron chi connectivity index (χ1n) is 6.52. The number of carbonyl (C=O) groups is 1. The van der Waals surface area contributed by atoms with Crippen molar-refractivity contribution in [1.82, 2.24) is 20.4 Å². The van der Waals surface area contributed by atoms with Crippen LogP contribution in [-0.4, -0.2) is 15.8 Å². The van der Waals surface area contributed by atoms with Crippen LogP contribution in [0.15, 0.2) is 12.3 Å². The normalized spacial score (nSPS) is 10.6. The molecule has 6 heteroatoms. The number of nitrogens with one attached hydrogen (secondary N) is 2. The number of carbonyl (C=O) groups excluding carboxylic acids is 1. The van der Waals surface area contributed by atoms with Crippen molar-refractivity contribution in [2.45, 2.75) is 33.9 Å². The SMILES string of the molecule is Cc1cc(CNC(=O)NCc2cnn(C)c2C)c(C)s1. The van der Waals surface area contributed by atoms with Crippen LogP contribution in [0.2, 0.25) is 0 Å². The third kappa shape index (κ3) is 3.39. The highest BCUT2D eigenvalue weighted by Gasteiger charge is 2.07. The number of amides is 2. The summed E-state index contributed by atoms with van der Waals surface area (Å²) in [7, 11) is 1.89. The minimum atomic E-state index is -0.156. The maximum atomic E-state index is 11.8. The van der Waals surface area contributed by atoms with Crippen molar-refractivity contribution in [2.75, 3.05) is 0 Å². The van der Waals surface area contributed by atoms with Crippen molar-refractivity contribution in [3.63, 3.8) is 0 Å². The van der Waals surface area contributed by atoms with E-state index < -0.39 is 0 Å². The topological polar surface area (TPSA) is 59.0 Å². The molecule has 0 radical (unpaired) electrons. The number of urea groups is 1. The molecule has 0 unspecified atom stereocenters. The van der Waals surface area contributed by atoms with Crippen molar-refractivity contribution < 1.29 is 4.79 Å². The fraction of sp³-hybridized carbons (Fsp3) is 0.429. The Kier molecular flexibility index (Phi) is 4.44. The first kappa shape index (κ1) is 14.6. The predicted molar refractivity (Wildman–Crippen MR) is 80.8 cm³/mol. The van der Waals surface area contributed by atoms with Crippen molar-refractivity contribution in [2.24, 2.45) is 7.05 Å². The summed E-state index contributed by atoms with van der Waals surface area (Å²) in [6.07, 6.45) is 1.78. The summed E-state index contributed by atoms with van der Waals surface area (Å²) in [5.41, 5.74) is 3.28. The smallest absolute Gasteiger partial charge is 0.315 e. The Morgan fingerprint density at radius 2 is 1.90 bits per heavy atom. The fourth-order valence-electron chi connectivity index (χ4n) is 1.99. The van der Waals surface area contributed by atoms with E-state index in [0.29, 0.717) is 13.1 Å². The Bertz CT molecular complexity index is 607. The van der Waals surface area contributed by atoms with E-state index >= 15 is 0 Å². The van der Waals surface area contributed by atoms with Gasteiger partial charge in [0, 0.05) is 41.1 Å². The van der Waals surface area contributed by atoms with Gasteiger partial charge in [0.25, 0.3) is 0 Å². The molecular formula is C14H20N4OS. The lowest BCUT2D eigenvalue weighted by atomic mass is 10.2. The average Bonchev–Trinajstić information content (AvgIpc) is 2.89. The van der Waals surface area contributed by atoms with E-state index in [1.807, 2.05) is 14.0 Å². The van der Waals surface area contributed by atoms with Crippen LogP contribution in [-0.2, 0) is 20.1 Å². The molecule has 2 aromatic heterocycles. The van der Waals surface area contributed by atoms with Gasteiger partial charge in [-0.05, 0) is 32.4 Å². The summed E-state index contributed by atoms with van der Waals surface area (Å²) < 4.78 is 1.80. The molecule has 0 spiro atoms. The highest BCUT2D eigenvalue weighted by molar-refractivity contribution is 7.12. The highest BCUT2D eigenvalue weighted by atomic mass is 32.1. The molecule has 2 heterocycles. The van der Waals surface area contributed by atoms with Crippen LogP contribution in [0.5, 0.6) is 0 Å². The van der Waals surface area contributed by atoms with E-state index in [4.69, 9.17) is 0 Å². The molecule has 0 aromatic carbocycles. The molecule has 0 aliphatic heterocycles. The fourth-order valence-corrected chi connectivity index (χ4v) is 2.94. The van der Waals surface area contributed by atoms with Crippen molar-refractivity contribution in [3.05, 3.63) is 38.8 Å². The molecule has 0 aliphatic rings. The van der Waals surface area contributed by atoms with Crippen LogP contribution < -0.4 is 10.6 Å². The highest BCUT2D eigenvalue weighted by Crippen LogP contribution is 2.20. The van der Waals surface area contributed by atoms with Gasteiger partial charge in [0.05, 0.1) is 6.20 Å². The van der Waals surface area contributed by atoms with E-state index in [2.05, 4.69) is 35.6 Å². The van der Waals surface area contributed by atoms with Gasteiger partial charge in [0.15, 0.2) is 0 Å². The minimum absolute atomic E-state index is 0.156. The van der Waals surface area contributed by atoms with E-state index in [1.165, 1.54) is 15.3 Å². The molecular weight excluding hydrogens is 272 g/mol. The second kappa shape index (κ2) is 6.09. The first-order chi connectivity index (χ1) is 9.47. The molecule has 2 amide bonds. The van der Waals surface area contributed by atoms with Crippen LogP contribution in [0.25, 0.3) is 0 Å². The van der Waals surface area contributed by atoms with E-state index in [1.54, 1.807) is 22.2 Å². The second-order valence-electron chi connectivity index (χ2n) is 4.85. The standard InChI is InChI=1S/C14H20N4OS/c1-9-5-12(11(3)20-9)6-15-14(19)16-7-13-8-17-18(4)10(13)2/h5,8H,6-7H2,1-4H3,(H2,15,16,19). The van der Waals surface area contributed by atoms with Gasteiger partial charge in [-0.15, -0.1) is 11.3 Å². The second-order valence-corrected chi connectivity index (χ2v) is 6.31. The summed E-state index contributed by atoms with van der Waals surface area (Å²) >= 11 is 1.75. The van der Waals surface area contributed by atoms with Gasteiger partial charge in [-0.1, -0.05) is 0 Å². The van der Waals surface area contributed by atoms with Crippen LogP contribution in [0, 0.1) is 20.8 Å². The lowest BCUT2D eigenvalue weighted by Gasteiger charge is -2.07. The van der Waals surface area contributed by atoms with E-state index in [0.717, 1.165) is 11.3 Å². The maximum absolute atomic E-state index is 11.8. The van der Waals surface area contributed by atoms with E-state index in [9.17, 15) is 4.79 Å². The average molecular weight is 292 g/mol. The van der Waals surface area contributed by atoms with Crippen LogP contribution in [0.4, 0.5) is 4.79 Å². The van der Waals surface area contributed by atoms with Gasteiger partial charge in [-0.3, -0.25) is 4.68 Å². The maximum Gasteiger partial charge on any atom is 0.315 e. The van der Waals surface area contributed by atoms with Gasteiger partial charge < -0.3 is 10.6 Å². The molecule has 0 bridgehead atoms. The number of hydrogen-bond donors (Lipinski definition) is 2. The molecule has 108 valence electrons. The lowest BCUT2D eigenvalue weighted by Crippen LogP contribution is -2.34. The summed E-state index contributed by atoms with van der Waals surface area (Å²) in [6.45, 7) is 7.19. The molecule has 5 nitrogen and oxygen atoms in total. The molecule has 0 saturated heterocycles. The Hall–Kier alpha value is -1.82. The zero-order valence-corrected chi connectivity index (χ0v) is 13.1. The monoisotopic (exact) mass is 292 g/mol. The number of aromatic nitrogens is 2. The minimum Gasteiger partial charge on any atom is -0.334 e. The summed E-state index contributed by atoms with van der Waals surface area (Å²) in [6, 6.07) is 1.96. The third-order valence-electron chi connectivity index (χ3n) is 3.36. The Balaban J connectivity index is 1.81. The number of hydrogen-bond acceptors (Lipinski definition) is 3. The molecule has 0 aliphatic carbocycles.